The van der Waals surface area contributed by atoms with E-state index in [2.05, 4.69) is 56.7 Å². The average molecular weight is 614 g/mol. The maximum atomic E-state index is 13.7. The maximum Gasteiger partial charge on any atom is 0.270 e. The number of carbonyl (C=O) groups excluding carboxylic acids is 2. The number of carbonyl (C=O) groups is 2. The minimum Gasteiger partial charge on any atom is -0.325 e. The summed E-state index contributed by atoms with van der Waals surface area (Å²) in [7, 11) is 0. The molecule has 1 aliphatic heterocycles. The van der Waals surface area contributed by atoms with Crippen molar-refractivity contribution < 1.29 is 18.4 Å². The quantitative estimate of drug-likeness (QED) is 0.169. The van der Waals surface area contributed by atoms with Gasteiger partial charge in [0, 0.05) is 22.6 Å². The molecular formula is C33H26BrF2N3O2. The standard InChI is InChI=1S/C33H26BrF2N3O2/c1-21-30(31(40)37-26-15-9-14-25(19-26)33(2,35)36)32(41)39(38-21)27-17-16-24(29(34)20-27)18-28(22-10-5-3-6-11-22)23-12-7-4-8-13-23/h3-20,30H,1-2H3,(H,37,40). The van der Waals surface area contributed by atoms with Crippen molar-refractivity contribution in [3.8, 4) is 0 Å². The van der Waals surface area contributed by atoms with Gasteiger partial charge in [0.15, 0.2) is 5.92 Å². The van der Waals surface area contributed by atoms with E-state index in [1.807, 2.05) is 42.5 Å². The summed E-state index contributed by atoms with van der Waals surface area (Å²) in [5.41, 5.74) is 4.79. The number of hydrogen-bond acceptors (Lipinski definition) is 3. The predicted octanol–water partition coefficient (Wildman–Crippen LogP) is 8.13. The van der Waals surface area contributed by atoms with E-state index in [4.69, 9.17) is 0 Å². The number of alkyl halides is 2. The van der Waals surface area contributed by atoms with Crippen LogP contribution in [0.5, 0.6) is 0 Å². The number of benzene rings is 4. The molecule has 206 valence electrons. The second-order valence-corrected chi connectivity index (χ2v) is 10.6. The molecule has 0 radical (unpaired) electrons. The van der Waals surface area contributed by atoms with Crippen molar-refractivity contribution in [2.24, 2.45) is 11.0 Å². The lowest BCUT2D eigenvalue weighted by Crippen LogP contribution is -2.36. The van der Waals surface area contributed by atoms with E-state index in [0.717, 1.165) is 33.7 Å². The van der Waals surface area contributed by atoms with Crippen LogP contribution in [-0.2, 0) is 15.5 Å². The Hall–Kier alpha value is -4.43. The highest BCUT2D eigenvalue weighted by Gasteiger charge is 2.40. The fraction of sp³-hybridized carbons (Fsp3) is 0.121. The molecule has 0 fully saturated rings. The fourth-order valence-corrected chi connectivity index (χ4v) is 5.11. The van der Waals surface area contributed by atoms with Crippen LogP contribution in [0.4, 0.5) is 20.2 Å². The highest BCUT2D eigenvalue weighted by molar-refractivity contribution is 9.10. The van der Waals surface area contributed by atoms with E-state index in [9.17, 15) is 18.4 Å². The van der Waals surface area contributed by atoms with E-state index >= 15 is 0 Å². The van der Waals surface area contributed by atoms with Crippen LogP contribution in [0.15, 0.2) is 113 Å². The molecule has 1 heterocycles. The maximum absolute atomic E-state index is 13.7. The minimum atomic E-state index is -3.06. The Morgan fingerprint density at radius 2 is 1.56 bits per heavy atom. The van der Waals surface area contributed by atoms with Gasteiger partial charge in [0.25, 0.3) is 11.8 Å². The zero-order chi connectivity index (χ0) is 29.1. The fourth-order valence-electron chi connectivity index (χ4n) is 4.63. The van der Waals surface area contributed by atoms with Gasteiger partial charge in [-0.3, -0.25) is 9.59 Å². The lowest BCUT2D eigenvalue weighted by Gasteiger charge is -2.16. The second-order valence-electron chi connectivity index (χ2n) is 9.78. The molecule has 41 heavy (non-hydrogen) atoms. The summed E-state index contributed by atoms with van der Waals surface area (Å²) in [6, 6.07) is 31.0. The van der Waals surface area contributed by atoms with E-state index in [-0.39, 0.29) is 11.3 Å². The molecule has 0 spiro atoms. The van der Waals surface area contributed by atoms with Gasteiger partial charge in [0.2, 0.25) is 5.91 Å². The highest BCUT2D eigenvalue weighted by atomic mass is 79.9. The largest absolute Gasteiger partial charge is 0.325 e. The summed E-state index contributed by atoms with van der Waals surface area (Å²) in [4.78, 5) is 26.4. The summed E-state index contributed by atoms with van der Waals surface area (Å²) in [6.07, 6.45) is 2.07. The van der Waals surface area contributed by atoms with E-state index in [1.165, 1.54) is 29.3 Å². The molecule has 1 aliphatic rings. The normalized spacial score (nSPS) is 15.0. The van der Waals surface area contributed by atoms with Gasteiger partial charge in [-0.15, -0.1) is 0 Å². The van der Waals surface area contributed by atoms with Gasteiger partial charge in [-0.1, -0.05) is 94.8 Å². The molecule has 1 N–H and O–H groups in total. The van der Waals surface area contributed by atoms with Crippen LogP contribution >= 0.6 is 15.9 Å². The van der Waals surface area contributed by atoms with Crippen molar-refractivity contribution in [1.29, 1.82) is 0 Å². The number of rotatable bonds is 7. The molecule has 4 aromatic carbocycles. The third-order valence-electron chi connectivity index (χ3n) is 6.73. The molecule has 0 aromatic heterocycles. The Kier molecular flexibility index (Phi) is 7.94. The molecule has 5 rings (SSSR count). The molecule has 0 saturated carbocycles. The first-order valence-electron chi connectivity index (χ1n) is 12.9. The van der Waals surface area contributed by atoms with Crippen molar-refractivity contribution in [2.45, 2.75) is 19.8 Å². The van der Waals surface area contributed by atoms with E-state index < -0.39 is 23.7 Å². The molecular weight excluding hydrogens is 588 g/mol. The molecule has 0 bridgehead atoms. The first-order valence-corrected chi connectivity index (χ1v) is 13.7. The zero-order valence-corrected chi connectivity index (χ0v) is 23.9. The first-order chi connectivity index (χ1) is 19.6. The topological polar surface area (TPSA) is 61.8 Å². The Morgan fingerprint density at radius 1 is 0.927 bits per heavy atom. The smallest absolute Gasteiger partial charge is 0.270 e. The molecule has 5 nitrogen and oxygen atoms in total. The van der Waals surface area contributed by atoms with Gasteiger partial charge in [-0.25, -0.2) is 8.78 Å². The highest BCUT2D eigenvalue weighted by Crippen LogP contribution is 2.33. The SMILES string of the molecule is CC1=NN(c2ccc(C=C(c3ccccc3)c3ccccc3)c(Br)c2)C(=O)C1C(=O)Nc1cccc(C(C)(F)F)c1. The number of anilines is 2. The number of nitrogens with zero attached hydrogens (tertiary/aromatic N) is 2. The van der Waals surface area contributed by atoms with E-state index in [1.54, 1.807) is 19.1 Å². The summed E-state index contributed by atoms with van der Waals surface area (Å²) in [5, 5.41) is 8.13. The van der Waals surface area contributed by atoms with Crippen LogP contribution in [0, 0.1) is 5.92 Å². The molecule has 8 heteroatoms. The average Bonchev–Trinajstić information content (AvgIpc) is 3.26. The Bertz CT molecular complexity index is 1620. The lowest BCUT2D eigenvalue weighted by atomic mass is 9.95. The van der Waals surface area contributed by atoms with Crippen molar-refractivity contribution in [1.82, 2.24) is 0 Å². The van der Waals surface area contributed by atoms with Gasteiger partial charge in [0.1, 0.15) is 0 Å². The molecule has 1 atom stereocenters. The lowest BCUT2D eigenvalue weighted by molar-refractivity contribution is -0.127. The Morgan fingerprint density at radius 3 is 2.15 bits per heavy atom. The van der Waals surface area contributed by atoms with E-state index in [0.29, 0.717) is 11.4 Å². The zero-order valence-electron chi connectivity index (χ0n) is 22.3. The molecule has 2 amide bonds. The number of halogens is 3. The number of hydrogen-bond donors (Lipinski definition) is 1. The number of amides is 2. The van der Waals surface area contributed by atoms with Crippen molar-refractivity contribution >= 4 is 56.5 Å². The van der Waals surface area contributed by atoms with Crippen molar-refractivity contribution in [2.75, 3.05) is 10.3 Å². The number of hydrazone groups is 1. The first kappa shape index (κ1) is 28.1. The van der Waals surface area contributed by atoms with Crippen LogP contribution in [-0.4, -0.2) is 17.5 Å². The van der Waals surface area contributed by atoms with Crippen LogP contribution in [0.2, 0.25) is 0 Å². The van der Waals surface area contributed by atoms with Crippen molar-refractivity contribution in [3.05, 3.63) is 130 Å². The molecule has 1 unspecified atom stereocenters. The second kappa shape index (κ2) is 11.6. The predicted molar refractivity (Wildman–Crippen MR) is 163 cm³/mol. The molecule has 0 saturated heterocycles. The third kappa shape index (κ3) is 6.18. The minimum absolute atomic E-state index is 0.180. The molecule has 4 aromatic rings. The van der Waals surface area contributed by atoms with Gasteiger partial charge < -0.3 is 5.32 Å². The van der Waals surface area contributed by atoms with Gasteiger partial charge >= 0.3 is 0 Å². The van der Waals surface area contributed by atoms with Gasteiger partial charge in [0.05, 0.1) is 11.4 Å². The summed E-state index contributed by atoms with van der Waals surface area (Å²) in [6.45, 7) is 2.38. The summed E-state index contributed by atoms with van der Waals surface area (Å²) < 4.78 is 28.2. The monoisotopic (exact) mass is 613 g/mol. The third-order valence-corrected chi connectivity index (χ3v) is 7.42. The van der Waals surface area contributed by atoms with Crippen LogP contribution in [0.25, 0.3) is 11.6 Å². The van der Waals surface area contributed by atoms with Gasteiger partial charge in [-0.05, 0) is 59.5 Å². The number of nitrogens with one attached hydrogen (secondary N) is 1. The Balaban J connectivity index is 1.39. The van der Waals surface area contributed by atoms with Crippen LogP contribution in [0.3, 0.4) is 0 Å². The summed E-state index contributed by atoms with van der Waals surface area (Å²) >= 11 is 3.64. The van der Waals surface area contributed by atoms with Crippen LogP contribution in [0.1, 0.15) is 36.1 Å². The van der Waals surface area contributed by atoms with Crippen molar-refractivity contribution in [3.63, 3.8) is 0 Å². The Labute approximate surface area is 245 Å². The summed E-state index contributed by atoms with van der Waals surface area (Å²) in [5.74, 6) is -5.40. The van der Waals surface area contributed by atoms with Crippen LogP contribution < -0.4 is 10.3 Å². The molecule has 0 aliphatic carbocycles. The van der Waals surface area contributed by atoms with Gasteiger partial charge in [-0.2, -0.15) is 10.1 Å².